The SMILES string of the molecule is FC(F)n1cc(-c2ccc(C(F)(F)F)cc2)nn1. The van der Waals surface area contributed by atoms with E-state index in [0.29, 0.717) is 4.68 Å². The zero-order valence-electron chi connectivity index (χ0n) is 8.70. The van der Waals surface area contributed by atoms with E-state index in [1.54, 1.807) is 0 Å². The summed E-state index contributed by atoms with van der Waals surface area (Å²) in [7, 11) is 0. The zero-order chi connectivity index (χ0) is 13.3. The van der Waals surface area contributed by atoms with Gasteiger partial charge in [0.05, 0.1) is 11.8 Å². The minimum Gasteiger partial charge on any atom is -0.191 e. The average Bonchev–Trinajstić information content (AvgIpc) is 2.77. The molecule has 0 aliphatic heterocycles. The number of halogens is 5. The Balaban J connectivity index is 2.29. The Labute approximate surface area is 97.8 Å². The van der Waals surface area contributed by atoms with Gasteiger partial charge in [0, 0.05) is 5.56 Å². The van der Waals surface area contributed by atoms with Crippen LogP contribution in [0, 0.1) is 0 Å². The molecule has 2 rings (SSSR count). The van der Waals surface area contributed by atoms with Crippen LogP contribution in [0.25, 0.3) is 11.3 Å². The zero-order valence-corrected chi connectivity index (χ0v) is 8.70. The maximum atomic E-state index is 12.3. The third-order valence-corrected chi connectivity index (χ3v) is 2.22. The van der Waals surface area contributed by atoms with Crippen LogP contribution in [-0.2, 0) is 6.18 Å². The second-order valence-electron chi connectivity index (χ2n) is 3.44. The van der Waals surface area contributed by atoms with Gasteiger partial charge in [-0.2, -0.15) is 26.6 Å². The highest BCUT2D eigenvalue weighted by Crippen LogP contribution is 2.30. The van der Waals surface area contributed by atoms with Crippen LogP contribution < -0.4 is 0 Å². The Morgan fingerprint density at radius 2 is 1.67 bits per heavy atom. The van der Waals surface area contributed by atoms with Gasteiger partial charge in [0.25, 0.3) is 0 Å². The van der Waals surface area contributed by atoms with E-state index in [4.69, 9.17) is 0 Å². The van der Waals surface area contributed by atoms with Crippen molar-refractivity contribution in [1.29, 1.82) is 0 Å². The topological polar surface area (TPSA) is 30.7 Å². The maximum absolute atomic E-state index is 12.3. The molecule has 18 heavy (non-hydrogen) atoms. The third kappa shape index (κ3) is 2.47. The van der Waals surface area contributed by atoms with Crippen LogP contribution in [0.15, 0.2) is 30.5 Å². The molecule has 1 aromatic carbocycles. The summed E-state index contributed by atoms with van der Waals surface area (Å²) in [5.74, 6) is 0. The van der Waals surface area contributed by atoms with Crippen molar-refractivity contribution in [3.05, 3.63) is 36.0 Å². The van der Waals surface area contributed by atoms with Crippen LogP contribution >= 0.6 is 0 Å². The molecule has 0 fully saturated rings. The molecular formula is C10H6F5N3. The molecule has 0 aliphatic rings. The van der Waals surface area contributed by atoms with Crippen LogP contribution in [-0.4, -0.2) is 15.0 Å². The van der Waals surface area contributed by atoms with E-state index in [9.17, 15) is 22.0 Å². The summed E-state index contributed by atoms with van der Waals surface area (Å²) < 4.78 is 61.7. The fourth-order valence-corrected chi connectivity index (χ4v) is 1.33. The summed E-state index contributed by atoms with van der Waals surface area (Å²) in [5.41, 5.74) is -0.438. The lowest BCUT2D eigenvalue weighted by molar-refractivity contribution is -0.137. The molecule has 0 N–H and O–H groups in total. The second kappa shape index (κ2) is 4.35. The van der Waals surface area contributed by atoms with Crippen LogP contribution in [0.2, 0.25) is 0 Å². The Morgan fingerprint density at radius 3 is 2.11 bits per heavy atom. The van der Waals surface area contributed by atoms with E-state index in [2.05, 4.69) is 10.3 Å². The minimum absolute atomic E-state index is 0.0871. The minimum atomic E-state index is -4.43. The lowest BCUT2D eigenvalue weighted by Crippen LogP contribution is -2.03. The number of hydrogen-bond acceptors (Lipinski definition) is 2. The number of benzene rings is 1. The first kappa shape index (κ1) is 12.5. The van der Waals surface area contributed by atoms with Crippen LogP contribution in [0.3, 0.4) is 0 Å². The van der Waals surface area contributed by atoms with Gasteiger partial charge in [-0.1, -0.05) is 17.3 Å². The molecule has 0 atom stereocenters. The van der Waals surface area contributed by atoms with Gasteiger partial charge >= 0.3 is 12.7 Å². The van der Waals surface area contributed by atoms with Crippen molar-refractivity contribution < 1.29 is 22.0 Å². The standard InChI is InChI=1S/C10H6F5N3/c11-9(12)18-5-8(16-17-18)6-1-3-7(4-2-6)10(13,14)15/h1-5,9H. The third-order valence-electron chi connectivity index (χ3n) is 2.22. The van der Waals surface area contributed by atoms with E-state index >= 15 is 0 Å². The first-order chi connectivity index (χ1) is 8.38. The molecule has 0 amide bonds. The fraction of sp³-hybridized carbons (Fsp3) is 0.200. The highest BCUT2D eigenvalue weighted by atomic mass is 19.4. The summed E-state index contributed by atoms with van der Waals surface area (Å²) in [4.78, 5) is 0. The lowest BCUT2D eigenvalue weighted by Gasteiger charge is -2.06. The number of rotatable bonds is 2. The van der Waals surface area contributed by atoms with Gasteiger partial charge in [0.2, 0.25) is 0 Å². The number of alkyl halides is 5. The normalized spacial score (nSPS) is 12.1. The van der Waals surface area contributed by atoms with Crippen molar-refractivity contribution >= 4 is 0 Å². The lowest BCUT2D eigenvalue weighted by atomic mass is 10.1. The van der Waals surface area contributed by atoms with Gasteiger partial charge in [0.1, 0.15) is 5.69 Å². The molecule has 0 bridgehead atoms. The molecule has 96 valence electrons. The summed E-state index contributed by atoms with van der Waals surface area (Å²) in [6.45, 7) is -2.83. The van der Waals surface area contributed by atoms with E-state index in [0.717, 1.165) is 30.5 Å². The maximum Gasteiger partial charge on any atom is 0.416 e. The predicted molar refractivity (Wildman–Crippen MR) is 51.7 cm³/mol. The molecule has 0 saturated carbocycles. The summed E-state index contributed by atoms with van der Waals surface area (Å²) in [5, 5.41) is 6.61. The quantitative estimate of drug-likeness (QED) is 0.778. The van der Waals surface area contributed by atoms with Gasteiger partial charge in [0.15, 0.2) is 0 Å². The largest absolute Gasteiger partial charge is 0.416 e. The van der Waals surface area contributed by atoms with Crippen LogP contribution in [0.1, 0.15) is 12.1 Å². The summed E-state index contributed by atoms with van der Waals surface area (Å²) in [6.07, 6.45) is -3.47. The second-order valence-corrected chi connectivity index (χ2v) is 3.44. The number of nitrogens with zero attached hydrogens (tertiary/aromatic N) is 3. The number of aromatic nitrogens is 3. The van der Waals surface area contributed by atoms with Crippen LogP contribution in [0.5, 0.6) is 0 Å². The molecule has 0 saturated heterocycles. The molecule has 3 nitrogen and oxygen atoms in total. The van der Waals surface area contributed by atoms with E-state index in [1.165, 1.54) is 0 Å². The molecular weight excluding hydrogens is 257 g/mol. The first-order valence-electron chi connectivity index (χ1n) is 4.75. The van der Waals surface area contributed by atoms with Crippen molar-refractivity contribution in [3.63, 3.8) is 0 Å². The average molecular weight is 263 g/mol. The highest BCUT2D eigenvalue weighted by molar-refractivity contribution is 5.58. The molecule has 0 radical (unpaired) electrons. The summed E-state index contributed by atoms with van der Waals surface area (Å²) in [6, 6.07) is 4.03. The Morgan fingerprint density at radius 1 is 1.06 bits per heavy atom. The Bertz CT molecular complexity index is 529. The van der Waals surface area contributed by atoms with Gasteiger partial charge in [-0.05, 0) is 12.1 Å². The monoisotopic (exact) mass is 263 g/mol. The molecule has 8 heteroatoms. The fourth-order valence-electron chi connectivity index (χ4n) is 1.33. The molecule has 1 aromatic heterocycles. The van der Waals surface area contributed by atoms with Gasteiger partial charge in [-0.3, -0.25) is 0 Å². The van der Waals surface area contributed by atoms with Crippen molar-refractivity contribution in [2.75, 3.05) is 0 Å². The molecule has 1 heterocycles. The smallest absolute Gasteiger partial charge is 0.191 e. The highest BCUT2D eigenvalue weighted by Gasteiger charge is 2.30. The van der Waals surface area contributed by atoms with Crippen molar-refractivity contribution in [2.45, 2.75) is 12.7 Å². The predicted octanol–water partition coefficient (Wildman–Crippen LogP) is 3.36. The van der Waals surface area contributed by atoms with Crippen molar-refractivity contribution in [1.82, 2.24) is 15.0 Å². The van der Waals surface area contributed by atoms with E-state index in [-0.39, 0.29) is 11.3 Å². The van der Waals surface area contributed by atoms with Crippen LogP contribution in [0.4, 0.5) is 22.0 Å². The van der Waals surface area contributed by atoms with Crippen molar-refractivity contribution in [2.24, 2.45) is 0 Å². The van der Waals surface area contributed by atoms with Crippen molar-refractivity contribution in [3.8, 4) is 11.3 Å². The van der Waals surface area contributed by atoms with Gasteiger partial charge in [-0.15, -0.1) is 5.10 Å². The van der Waals surface area contributed by atoms with E-state index < -0.39 is 18.3 Å². The van der Waals surface area contributed by atoms with Gasteiger partial charge < -0.3 is 0 Å². The molecule has 0 unspecified atom stereocenters. The Kier molecular flexibility index (Phi) is 3.02. The first-order valence-corrected chi connectivity index (χ1v) is 4.75. The molecule has 0 spiro atoms. The van der Waals surface area contributed by atoms with E-state index in [1.807, 2.05) is 0 Å². The number of hydrogen-bond donors (Lipinski definition) is 0. The molecule has 0 aliphatic carbocycles. The molecule has 2 aromatic rings. The Hall–Kier alpha value is -1.99. The van der Waals surface area contributed by atoms with Gasteiger partial charge in [-0.25, -0.2) is 0 Å². The summed E-state index contributed by atoms with van der Waals surface area (Å²) >= 11 is 0.